The van der Waals surface area contributed by atoms with Crippen molar-refractivity contribution in [1.82, 2.24) is 4.90 Å². The summed E-state index contributed by atoms with van der Waals surface area (Å²) in [6.45, 7) is 2.52. The first kappa shape index (κ1) is 23.5. The fourth-order valence-corrected chi connectivity index (χ4v) is 4.75. The van der Waals surface area contributed by atoms with Gasteiger partial charge in [-0.15, -0.1) is 0 Å². The maximum Gasteiger partial charge on any atom is 0.266 e. The van der Waals surface area contributed by atoms with Crippen molar-refractivity contribution < 1.29 is 14.7 Å². The molecule has 0 radical (unpaired) electrons. The average Bonchev–Trinajstić information content (AvgIpc) is 2.99. The quantitative estimate of drug-likeness (QED) is 0.260. The number of nitrogens with zero attached hydrogens (tertiary/aromatic N) is 1. The Morgan fingerprint density at radius 2 is 1.94 bits per heavy atom. The molecular weight excluding hydrogens is 496 g/mol. The lowest BCUT2D eigenvalue weighted by Crippen LogP contribution is -2.29. The van der Waals surface area contributed by atoms with Crippen molar-refractivity contribution >= 4 is 67.8 Å². The molecule has 2 aromatic carbocycles. The number of rotatable bonds is 8. The Kier molecular flexibility index (Phi) is 8.28. The van der Waals surface area contributed by atoms with Gasteiger partial charge in [-0.3, -0.25) is 14.5 Å². The molecule has 0 spiro atoms. The summed E-state index contributed by atoms with van der Waals surface area (Å²) in [5.41, 5.74) is 2.52. The van der Waals surface area contributed by atoms with Gasteiger partial charge in [0.15, 0.2) is 0 Å². The van der Waals surface area contributed by atoms with Crippen LogP contribution in [0.4, 0.5) is 5.69 Å². The van der Waals surface area contributed by atoms with E-state index in [1.807, 2.05) is 31.2 Å². The number of phenols is 1. The van der Waals surface area contributed by atoms with E-state index in [1.54, 1.807) is 29.2 Å². The van der Waals surface area contributed by atoms with E-state index in [0.717, 1.165) is 35.0 Å². The molecule has 2 N–H and O–H groups in total. The molecule has 8 heteroatoms. The molecule has 1 heterocycles. The second-order valence-corrected chi connectivity index (χ2v) is 9.85. The molecule has 2 aromatic rings. The van der Waals surface area contributed by atoms with Crippen LogP contribution in [0.15, 0.2) is 51.8 Å². The number of aromatic hydroxyl groups is 1. The minimum Gasteiger partial charge on any atom is -0.507 e. The van der Waals surface area contributed by atoms with Crippen LogP contribution in [0.5, 0.6) is 5.75 Å². The number of hydrogen-bond donors (Lipinski definition) is 2. The summed E-state index contributed by atoms with van der Waals surface area (Å²) in [4.78, 5) is 26.9. The molecule has 5 nitrogen and oxygen atoms in total. The molecular formula is C23H23BrN2O3S2. The Hall–Kier alpha value is -2.16. The van der Waals surface area contributed by atoms with E-state index < -0.39 is 0 Å². The van der Waals surface area contributed by atoms with Crippen LogP contribution in [0, 0.1) is 6.92 Å². The molecule has 0 aliphatic carbocycles. The minimum atomic E-state index is -0.147. The van der Waals surface area contributed by atoms with Crippen molar-refractivity contribution in [2.45, 2.75) is 32.6 Å². The third-order valence-electron chi connectivity index (χ3n) is 4.77. The first-order chi connectivity index (χ1) is 14.8. The van der Waals surface area contributed by atoms with E-state index in [-0.39, 0.29) is 17.6 Å². The van der Waals surface area contributed by atoms with Gasteiger partial charge in [0.25, 0.3) is 5.91 Å². The van der Waals surface area contributed by atoms with Crippen LogP contribution in [0.1, 0.15) is 36.8 Å². The molecule has 31 heavy (non-hydrogen) atoms. The van der Waals surface area contributed by atoms with Crippen LogP contribution < -0.4 is 5.32 Å². The number of unbranched alkanes of at least 4 members (excludes halogenated alkanes) is 2. The van der Waals surface area contributed by atoms with E-state index in [0.29, 0.717) is 27.8 Å². The van der Waals surface area contributed by atoms with Crippen LogP contribution in [-0.4, -0.2) is 32.7 Å². The third-order valence-corrected chi connectivity index (χ3v) is 6.64. The van der Waals surface area contributed by atoms with Crippen molar-refractivity contribution in [3.05, 3.63) is 63.0 Å². The number of hydrogen-bond acceptors (Lipinski definition) is 5. The standard InChI is InChI=1S/C23H23BrN2O3S2/c1-15-6-9-18(10-7-15)25-21(28)5-3-2-4-12-26-22(29)20(31-23(26)30)14-16-13-17(24)8-11-19(16)27/h6-11,13-14,27H,2-5,12H2,1H3,(H,25,28)/b20-14-. The number of nitrogens with one attached hydrogen (secondary N) is 1. The van der Waals surface area contributed by atoms with Crippen LogP contribution in [0.2, 0.25) is 0 Å². The SMILES string of the molecule is Cc1ccc(NC(=O)CCCCCN2C(=O)/C(=C/c3cc(Br)ccc3O)SC2=S)cc1. The molecule has 0 bridgehead atoms. The Morgan fingerprint density at radius 1 is 1.19 bits per heavy atom. The summed E-state index contributed by atoms with van der Waals surface area (Å²) in [5.74, 6) is -0.0462. The summed E-state index contributed by atoms with van der Waals surface area (Å²) in [6, 6.07) is 12.8. The van der Waals surface area contributed by atoms with Gasteiger partial charge in [0.2, 0.25) is 5.91 Å². The molecule has 1 saturated heterocycles. The molecule has 0 aromatic heterocycles. The smallest absolute Gasteiger partial charge is 0.266 e. The average molecular weight is 519 g/mol. The van der Waals surface area contributed by atoms with Crippen molar-refractivity contribution in [1.29, 1.82) is 0 Å². The maximum atomic E-state index is 12.7. The maximum absolute atomic E-state index is 12.7. The molecule has 0 atom stereocenters. The van der Waals surface area contributed by atoms with Crippen LogP contribution in [0.25, 0.3) is 6.08 Å². The van der Waals surface area contributed by atoms with Gasteiger partial charge in [-0.05, 0) is 56.2 Å². The van der Waals surface area contributed by atoms with E-state index in [9.17, 15) is 14.7 Å². The number of halogens is 1. The number of phenolic OH excluding ortho intramolecular Hbond substituents is 1. The van der Waals surface area contributed by atoms with Crippen LogP contribution in [0.3, 0.4) is 0 Å². The van der Waals surface area contributed by atoms with Gasteiger partial charge in [0.05, 0.1) is 4.91 Å². The summed E-state index contributed by atoms with van der Waals surface area (Å²) >= 11 is 9.97. The molecule has 0 saturated carbocycles. The van der Waals surface area contributed by atoms with E-state index in [1.165, 1.54) is 11.8 Å². The zero-order valence-electron chi connectivity index (χ0n) is 17.1. The normalized spacial score (nSPS) is 15.0. The second kappa shape index (κ2) is 10.9. The number of thiocarbonyl (C=S) groups is 1. The predicted octanol–water partition coefficient (Wildman–Crippen LogP) is 5.86. The summed E-state index contributed by atoms with van der Waals surface area (Å²) in [5, 5.41) is 12.9. The van der Waals surface area contributed by atoms with E-state index in [2.05, 4.69) is 21.2 Å². The molecule has 0 unspecified atom stereocenters. The first-order valence-corrected chi connectivity index (χ1v) is 12.0. The number of amides is 2. The Balaban J connectivity index is 1.44. The fraction of sp³-hybridized carbons (Fsp3) is 0.261. The van der Waals surface area contributed by atoms with Gasteiger partial charge in [-0.25, -0.2) is 0 Å². The summed E-state index contributed by atoms with van der Waals surface area (Å²) in [7, 11) is 0. The minimum absolute atomic E-state index is 0.00812. The number of carbonyl (C=O) groups is 2. The monoisotopic (exact) mass is 518 g/mol. The number of carbonyl (C=O) groups excluding carboxylic acids is 2. The second-order valence-electron chi connectivity index (χ2n) is 7.26. The largest absolute Gasteiger partial charge is 0.507 e. The molecule has 162 valence electrons. The van der Waals surface area contributed by atoms with Gasteiger partial charge in [-0.1, -0.05) is 64.0 Å². The number of benzene rings is 2. The highest BCUT2D eigenvalue weighted by molar-refractivity contribution is 9.10. The number of anilines is 1. The van der Waals surface area contributed by atoms with Gasteiger partial charge >= 0.3 is 0 Å². The summed E-state index contributed by atoms with van der Waals surface area (Å²) in [6.07, 6.45) is 4.43. The topological polar surface area (TPSA) is 69.6 Å². The Morgan fingerprint density at radius 3 is 2.68 bits per heavy atom. The lowest BCUT2D eigenvalue weighted by atomic mass is 10.1. The lowest BCUT2D eigenvalue weighted by Gasteiger charge is -2.14. The van der Waals surface area contributed by atoms with E-state index >= 15 is 0 Å². The lowest BCUT2D eigenvalue weighted by molar-refractivity contribution is -0.122. The van der Waals surface area contributed by atoms with Crippen molar-refractivity contribution in [3.8, 4) is 5.75 Å². The summed E-state index contributed by atoms with van der Waals surface area (Å²) < 4.78 is 1.33. The molecule has 1 aliphatic heterocycles. The first-order valence-electron chi connectivity index (χ1n) is 9.94. The highest BCUT2D eigenvalue weighted by Crippen LogP contribution is 2.35. The van der Waals surface area contributed by atoms with Crippen LogP contribution in [-0.2, 0) is 9.59 Å². The number of thioether (sulfide) groups is 1. The van der Waals surface area contributed by atoms with Gasteiger partial charge < -0.3 is 10.4 Å². The van der Waals surface area contributed by atoms with Crippen molar-refractivity contribution in [2.75, 3.05) is 11.9 Å². The zero-order chi connectivity index (χ0) is 22.4. The molecule has 1 aliphatic rings. The van der Waals surface area contributed by atoms with Crippen molar-refractivity contribution in [3.63, 3.8) is 0 Å². The third kappa shape index (κ3) is 6.66. The zero-order valence-corrected chi connectivity index (χ0v) is 20.3. The van der Waals surface area contributed by atoms with Crippen LogP contribution >= 0.6 is 39.9 Å². The van der Waals surface area contributed by atoms with Gasteiger partial charge in [0.1, 0.15) is 10.1 Å². The van der Waals surface area contributed by atoms with E-state index in [4.69, 9.17) is 12.2 Å². The fourth-order valence-electron chi connectivity index (χ4n) is 3.07. The Labute approximate surface area is 200 Å². The molecule has 2 amide bonds. The van der Waals surface area contributed by atoms with Gasteiger partial charge in [0, 0.05) is 28.7 Å². The van der Waals surface area contributed by atoms with Crippen molar-refractivity contribution in [2.24, 2.45) is 0 Å². The van der Waals surface area contributed by atoms with Gasteiger partial charge in [-0.2, -0.15) is 0 Å². The predicted molar refractivity (Wildman–Crippen MR) is 134 cm³/mol. The highest BCUT2D eigenvalue weighted by atomic mass is 79.9. The number of aryl methyl sites for hydroxylation is 1. The highest BCUT2D eigenvalue weighted by Gasteiger charge is 2.31. The molecule has 1 fully saturated rings. The molecule has 3 rings (SSSR count). The Bertz CT molecular complexity index is 1020.